The third-order valence-electron chi connectivity index (χ3n) is 5.07. The van der Waals surface area contributed by atoms with Crippen molar-refractivity contribution in [3.8, 4) is 16.5 Å². The Bertz CT molecular complexity index is 1030. The third-order valence-corrected chi connectivity index (χ3v) is 5.90. The van der Waals surface area contributed by atoms with E-state index < -0.39 is 5.72 Å². The number of ether oxygens (including phenoxy) is 1. The maximum absolute atomic E-state index is 12.4. The standard InChI is InChI=1S/C19H18N6O2S/c1-12-20-18(28-24-12)14-6-7-16(23-22-14)25-10-8-19(9-11-25)21-17(26)13-4-2-3-5-15(13)27-19/h2-7H,8-11H2,1H3,(H,21,26). The van der Waals surface area contributed by atoms with Crippen LogP contribution in [0.1, 0.15) is 29.0 Å². The number of aromatic nitrogens is 4. The Labute approximate surface area is 165 Å². The quantitative estimate of drug-likeness (QED) is 0.713. The van der Waals surface area contributed by atoms with Crippen LogP contribution in [0, 0.1) is 6.92 Å². The lowest BCUT2D eigenvalue weighted by molar-refractivity contribution is 0.000718. The topological polar surface area (TPSA) is 93.1 Å². The Hall–Kier alpha value is -3.07. The molecule has 28 heavy (non-hydrogen) atoms. The van der Waals surface area contributed by atoms with E-state index in [1.54, 1.807) is 6.07 Å². The van der Waals surface area contributed by atoms with Crippen molar-refractivity contribution in [2.75, 3.05) is 18.0 Å². The van der Waals surface area contributed by atoms with Crippen molar-refractivity contribution in [1.82, 2.24) is 24.9 Å². The molecule has 0 atom stereocenters. The van der Waals surface area contributed by atoms with E-state index in [1.165, 1.54) is 11.5 Å². The summed E-state index contributed by atoms with van der Waals surface area (Å²) < 4.78 is 10.4. The molecule has 1 amide bonds. The highest BCUT2D eigenvalue weighted by molar-refractivity contribution is 7.09. The van der Waals surface area contributed by atoms with E-state index in [9.17, 15) is 4.79 Å². The molecule has 9 heteroatoms. The molecule has 4 heterocycles. The summed E-state index contributed by atoms with van der Waals surface area (Å²) >= 11 is 1.32. The highest BCUT2D eigenvalue weighted by Gasteiger charge is 2.42. The molecule has 0 unspecified atom stereocenters. The Balaban J connectivity index is 1.29. The number of hydrogen-bond acceptors (Lipinski definition) is 8. The second-order valence-electron chi connectivity index (χ2n) is 6.96. The van der Waals surface area contributed by atoms with Crippen molar-refractivity contribution >= 4 is 23.3 Å². The van der Waals surface area contributed by atoms with Gasteiger partial charge in [0, 0.05) is 25.9 Å². The second kappa shape index (κ2) is 6.52. The average Bonchev–Trinajstić information content (AvgIpc) is 3.15. The van der Waals surface area contributed by atoms with Gasteiger partial charge in [-0.05, 0) is 42.7 Å². The van der Waals surface area contributed by atoms with Gasteiger partial charge in [-0.2, -0.15) is 4.37 Å². The Morgan fingerprint density at radius 1 is 1.14 bits per heavy atom. The van der Waals surface area contributed by atoms with Crippen LogP contribution < -0.4 is 15.0 Å². The van der Waals surface area contributed by atoms with Gasteiger partial charge in [0.1, 0.15) is 17.3 Å². The molecule has 5 rings (SSSR count). The van der Waals surface area contributed by atoms with Crippen molar-refractivity contribution in [2.24, 2.45) is 0 Å². The molecule has 0 bridgehead atoms. The van der Waals surface area contributed by atoms with Crippen molar-refractivity contribution in [3.05, 3.63) is 47.8 Å². The van der Waals surface area contributed by atoms with Crippen LogP contribution >= 0.6 is 11.5 Å². The summed E-state index contributed by atoms with van der Waals surface area (Å²) in [4.78, 5) is 18.9. The van der Waals surface area contributed by atoms with Crippen molar-refractivity contribution in [1.29, 1.82) is 0 Å². The van der Waals surface area contributed by atoms with Crippen LogP contribution in [-0.2, 0) is 0 Å². The third kappa shape index (κ3) is 2.97. The van der Waals surface area contributed by atoms with E-state index in [4.69, 9.17) is 4.74 Å². The molecule has 8 nitrogen and oxygen atoms in total. The highest BCUT2D eigenvalue weighted by atomic mass is 32.1. The van der Waals surface area contributed by atoms with Crippen LogP contribution in [0.15, 0.2) is 36.4 Å². The summed E-state index contributed by atoms with van der Waals surface area (Å²) in [6.07, 6.45) is 1.35. The number of fused-ring (bicyclic) bond motifs is 1. The number of aryl methyl sites for hydroxylation is 1. The van der Waals surface area contributed by atoms with Gasteiger partial charge in [-0.25, -0.2) is 4.98 Å². The highest BCUT2D eigenvalue weighted by Crippen LogP contribution is 2.34. The molecule has 0 saturated carbocycles. The largest absolute Gasteiger partial charge is 0.467 e. The zero-order valence-corrected chi connectivity index (χ0v) is 16.1. The van der Waals surface area contributed by atoms with Crippen molar-refractivity contribution in [2.45, 2.75) is 25.5 Å². The number of hydrogen-bond donors (Lipinski definition) is 1. The van der Waals surface area contributed by atoms with E-state index >= 15 is 0 Å². The first-order chi connectivity index (χ1) is 13.6. The molecule has 2 aromatic heterocycles. The molecule has 2 aliphatic heterocycles. The van der Waals surface area contributed by atoms with Crippen LogP contribution in [-0.4, -0.2) is 44.3 Å². The van der Waals surface area contributed by atoms with Gasteiger partial charge in [-0.1, -0.05) is 12.1 Å². The number of rotatable bonds is 2. The molecule has 1 fully saturated rings. The van der Waals surface area contributed by atoms with Crippen molar-refractivity contribution < 1.29 is 9.53 Å². The zero-order valence-electron chi connectivity index (χ0n) is 15.3. The predicted octanol–water partition coefficient (Wildman–Crippen LogP) is 2.42. The molecule has 1 aromatic carbocycles. The molecule has 1 saturated heterocycles. The van der Waals surface area contributed by atoms with Gasteiger partial charge >= 0.3 is 0 Å². The normalized spacial score (nSPS) is 17.8. The summed E-state index contributed by atoms with van der Waals surface area (Å²) in [7, 11) is 0. The van der Waals surface area contributed by atoms with E-state index in [-0.39, 0.29) is 5.91 Å². The van der Waals surface area contributed by atoms with Crippen LogP contribution in [0.5, 0.6) is 5.75 Å². The van der Waals surface area contributed by atoms with Crippen LogP contribution in [0.2, 0.25) is 0 Å². The number of para-hydroxylation sites is 1. The molecule has 1 N–H and O–H groups in total. The summed E-state index contributed by atoms with van der Waals surface area (Å²) in [6.45, 7) is 3.29. The lowest BCUT2D eigenvalue weighted by Gasteiger charge is -2.44. The first-order valence-corrected chi connectivity index (χ1v) is 9.89. The minimum absolute atomic E-state index is 0.0770. The smallest absolute Gasteiger partial charge is 0.258 e. The van der Waals surface area contributed by atoms with Crippen molar-refractivity contribution in [3.63, 3.8) is 0 Å². The number of benzene rings is 1. The molecule has 3 aromatic rings. The van der Waals surface area contributed by atoms with Gasteiger partial charge in [-0.15, -0.1) is 10.2 Å². The number of carbonyl (C=O) groups excluding carboxylic acids is 1. The molecule has 1 spiro atoms. The summed E-state index contributed by atoms with van der Waals surface area (Å²) in [5.41, 5.74) is 0.658. The van der Waals surface area contributed by atoms with Gasteiger partial charge in [0.25, 0.3) is 5.91 Å². The number of anilines is 1. The van der Waals surface area contributed by atoms with Gasteiger partial charge in [0.15, 0.2) is 16.6 Å². The fourth-order valence-electron chi connectivity index (χ4n) is 3.59. The minimum atomic E-state index is -0.653. The first-order valence-electron chi connectivity index (χ1n) is 9.12. The lowest BCUT2D eigenvalue weighted by atomic mass is 9.97. The number of nitrogens with one attached hydrogen (secondary N) is 1. The van der Waals surface area contributed by atoms with Crippen LogP contribution in [0.4, 0.5) is 5.82 Å². The Kier molecular flexibility index (Phi) is 3.97. The van der Waals surface area contributed by atoms with E-state index in [2.05, 4.69) is 29.8 Å². The molecule has 2 aliphatic rings. The lowest BCUT2D eigenvalue weighted by Crippen LogP contribution is -2.61. The zero-order chi connectivity index (χ0) is 19.1. The number of amides is 1. The maximum atomic E-state index is 12.4. The summed E-state index contributed by atoms with van der Waals surface area (Å²) in [5, 5.41) is 12.5. The minimum Gasteiger partial charge on any atom is -0.467 e. The van der Waals surface area contributed by atoms with Crippen LogP contribution in [0.3, 0.4) is 0 Å². The monoisotopic (exact) mass is 394 g/mol. The van der Waals surface area contributed by atoms with E-state index in [1.807, 2.05) is 37.3 Å². The predicted molar refractivity (Wildman–Crippen MR) is 104 cm³/mol. The van der Waals surface area contributed by atoms with E-state index in [0.29, 0.717) is 37.2 Å². The fraction of sp³-hybridized carbons (Fsp3) is 0.316. The van der Waals surface area contributed by atoms with E-state index in [0.717, 1.165) is 22.3 Å². The van der Waals surface area contributed by atoms with Gasteiger partial charge < -0.3 is 15.0 Å². The average molecular weight is 394 g/mol. The SMILES string of the molecule is Cc1nsc(-c2ccc(N3CCC4(CC3)NC(=O)c3ccccc3O4)nn2)n1. The van der Waals surface area contributed by atoms with Crippen LogP contribution in [0.25, 0.3) is 10.7 Å². The van der Waals surface area contributed by atoms with Gasteiger partial charge in [0.2, 0.25) is 0 Å². The molecular weight excluding hydrogens is 376 g/mol. The fourth-order valence-corrected chi connectivity index (χ4v) is 4.22. The Morgan fingerprint density at radius 2 is 1.96 bits per heavy atom. The Morgan fingerprint density at radius 3 is 2.68 bits per heavy atom. The van der Waals surface area contributed by atoms with Gasteiger partial charge in [-0.3, -0.25) is 4.79 Å². The second-order valence-corrected chi connectivity index (χ2v) is 7.71. The van der Waals surface area contributed by atoms with Gasteiger partial charge in [0.05, 0.1) is 5.56 Å². The molecule has 0 aliphatic carbocycles. The number of piperidine rings is 1. The summed E-state index contributed by atoms with van der Waals surface area (Å²) in [5.74, 6) is 2.12. The number of carbonyl (C=O) groups is 1. The summed E-state index contributed by atoms with van der Waals surface area (Å²) in [6, 6.07) is 11.2. The molecule has 142 valence electrons. The molecular formula is C19H18N6O2S. The molecule has 0 radical (unpaired) electrons. The maximum Gasteiger partial charge on any atom is 0.258 e. The number of nitrogens with zero attached hydrogens (tertiary/aromatic N) is 5. The first kappa shape index (κ1) is 17.1.